The summed E-state index contributed by atoms with van der Waals surface area (Å²) in [5.74, 6) is 2.46. The Morgan fingerprint density at radius 1 is 0.587 bits per heavy atom. The van der Waals surface area contributed by atoms with Crippen molar-refractivity contribution in [3.8, 4) is 33.4 Å². The second-order valence-corrected chi connectivity index (χ2v) is 16.2. The molecule has 0 bridgehead atoms. The van der Waals surface area contributed by atoms with E-state index in [0.29, 0.717) is 11.6 Å². The van der Waals surface area contributed by atoms with Crippen LogP contribution in [0.25, 0.3) is 38.2 Å². The lowest BCUT2D eigenvalue weighted by atomic mass is 9.68. The summed E-state index contributed by atoms with van der Waals surface area (Å²) >= 11 is 2.43. The molecule has 4 aromatic rings. The van der Waals surface area contributed by atoms with Gasteiger partial charge in [0.05, 0.1) is 6.57 Å². The van der Waals surface area contributed by atoms with E-state index in [9.17, 15) is 0 Å². The summed E-state index contributed by atoms with van der Waals surface area (Å²) < 4.78 is 0. The van der Waals surface area contributed by atoms with Crippen LogP contribution in [0.2, 0.25) is 0 Å². The normalized spacial score (nSPS) is 31.7. The molecule has 2 nitrogen and oxygen atoms in total. The van der Waals surface area contributed by atoms with Crippen molar-refractivity contribution in [2.75, 3.05) is 0 Å². The molecule has 0 N–H and O–H groups in total. The Hall–Kier alpha value is -3.32. The summed E-state index contributed by atoms with van der Waals surface area (Å²) in [6.07, 6.45) is 14.3. The number of rotatable bonds is 4. The minimum atomic E-state index is 0.656. The monoisotopic (exact) mass is 620 g/mol. The van der Waals surface area contributed by atoms with Crippen molar-refractivity contribution < 1.29 is 0 Å². The van der Waals surface area contributed by atoms with Crippen LogP contribution in [0.5, 0.6) is 0 Å². The largest absolute Gasteiger partial charge is 0.292 e. The molecule has 0 aromatic heterocycles. The van der Waals surface area contributed by atoms with Gasteiger partial charge in [-0.15, -0.1) is 0 Å². The maximum absolute atomic E-state index is 7.98. The molecule has 0 radical (unpaired) electrons. The van der Waals surface area contributed by atoms with Crippen LogP contribution in [0.1, 0.15) is 75.7 Å². The van der Waals surface area contributed by atoms with Crippen molar-refractivity contribution in [3.05, 3.63) is 114 Å². The highest BCUT2D eigenvalue weighted by atomic mass is 32.2. The lowest BCUT2D eigenvalue weighted by molar-refractivity contribution is 0.0604. The average Bonchev–Trinajstić information content (AvgIpc) is 3.47. The fourth-order valence-electron chi connectivity index (χ4n) is 10.5. The number of thioether (sulfide) groups is 1. The summed E-state index contributed by atoms with van der Waals surface area (Å²) in [7, 11) is 0. The number of hydrogen-bond acceptors (Lipinski definition) is 2. The molecule has 8 unspecified atom stereocenters. The predicted molar refractivity (Wildman–Crippen MR) is 193 cm³/mol. The summed E-state index contributed by atoms with van der Waals surface area (Å²) in [6, 6.07) is 37.7. The van der Waals surface area contributed by atoms with Crippen molar-refractivity contribution in [2.24, 2.45) is 11.8 Å². The van der Waals surface area contributed by atoms with Crippen LogP contribution in [-0.2, 0) is 0 Å². The van der Waals surface area contributed by atoms with Gasteiger partial charge in [0.15, 0.2) is 5.69 Å². The summed E-state index contributed by atoms with van der Waals surface area (Å²) in [4.78, 5) is 7.14. The van der Waals surface area contributed by atoms with E-state index in [0.717, 1.165) is 62.7 Å². The third kappa shape index (κ3) is 4.96. The molecule has 3 saturated carbocycles. The fraction of sp³-hybridized carbons (Fsp3) is 0.419. The van der Waals surface area contributed by atoms with E-state index in [1.54, 1.807) is 5.56 Å². The smallest absolute Gasteiger partial charge is 0.195 e. The van der Waals surface area contributed by atoms with Gasteiger partial charge >= 0.3 is 0 Å². The van der Waals surface area contributed by atoms with Crippen LogP contribution < -0.4 is 0 Å². The fourth-order valence-corrected chi connectivity index (χ4v) is 12.6. The number of benzene rings is 4. The van der Waals surface area contributed by atoms with Gasteiger partial charge in [-0.1, -0.05) is 111 Å². The highest BCUT2D eigenvalue weighted by molar-refractivity contribution is 8.00. The third-order valence-corrected chi connectivity index (χ3v) is 14.2. The van der Waals surface area contributed by atoms with Crippen molar-refractivity contribution in [1.29, 1.82) is 0 Å². The van der Waals surface area contributed by atoms with Crippen molar-refractivity contribution in [3.63, 3.8) is 0 Å². The quantitative estimate of drug-likeness (QED) is 0.210. The summed E-state index contributed by atoms with van der Waals surface area (Å²) in [5, 5.41) is 1.66. The van der Waals surface area contributed by atoms with Gasteiger partial charge in [-0.05, 0) is 107 Å². The SMILES string of the molecule is [C-]#[N+]c1cc(-c2ccccc2)ccc1-c1cccc(-c2cccc(C3CC4SC5CCCCC5N5C6CCCCC6C(C3)C45)c2)c1. The Bertz CT molecular complexity index is 1770. The Morgan fingerprint density at radius 3 is 2.17 bits per heavy atom. The van der Waals surface area contributed by atoms with E-state index in [2.05, 4.69) is 106 Å². The Morgan fingerprint density at radius 2 is 1.30 bits per heavy atom. The van der Waals surface area contributed by atoms with Crippen LogP contribution >= 0.6 is 11.8 Å². The Kier molecular flexibility index (Phi) is 7.56. The molecule has 4 aromatic carbocycles. The zero-order valence-electron chi connectivity index (χ0n) is 26.7. The molecule has 46 heavy (non-hydrogen) atoms. The van der Waals surface area contributed by atoms with Crippen LogP contribution in [0.3, 0.4) is 0 Å². The molecular formula is C43H44N2S. The summed E-state index contributed by atoms with van der Waals surface area (Å²) in [5.41, 5.74) is 9.17. The molecule has 3 aliphatic carbocycles. The molecule has 5 fully saturated rings. The highest BCUT2D eigenvalue weighted by Crippen LogP contribution is 2.60. The Balaban J connectivity index is 1.01. The number of nitrogens with zero attached hydrogens (tertiary/aromatic N) is 2. The first kappa shape index (κ1) is 28.9. The predicted octanol–water partition coefficient (Wildman–Crippen LogP) is 11.4. The zero-order valence-corrected chi connectivity index (χ0v) is 27.5. The number of fused-ring (bicyclic) bond motifs is 5. The van der Waals surface area contributed by atoms with Crippen molar-refractivity contribution in [1.82, 2.24) is 4.90 Å². The van der Waals surface area contributed by atoms with Gasteiger partial charge in [0, 0.05) is 28.6 Å². The molecule has 0 amide bonds. The van der Waals surface area contributed by atoms with Gasteiger partial charge in [-0.3, -0.25) is 4.90 Å². The molecule has 2 saturated heterocycles. The lowest BCUT2D eigenvalue weighted by Crippen LogP contribution is -2.59. The molecule has 8 atom stereocenters. The molecule has 232 valence electrons. The zero-order chi connectivity index (χ0) is 30.6. The summed E-state index contributed by atoms with van der Waals surface area (Å²) in [6.45, 7) is 7.98. The van der Waals surface area contributed by atoms with E-state index in [-0.39, 0.29) is 0 Å². The molecule has 0 spiro atoms. The second kappa shape index (κ2) is 12.0. The average molecular weight is 621 g/mol. The van der Waals surface area contributed by atoms with Crippen LogP contribution in [0.15, 0.2) is 97.1 Å². The van der Waals surface area contributed by atoms with E-state index in [1.807, 2.05) is 12.1 Å². The van der Waals surface area contributed by atoms with Gasteiger partial charge in [0.1, 0.15) is 0 Å². The highest BCUT2D eigenvalue weighted by Gasteiger charge is 2.60. The standard InChI is InChI=1S/C43H44N2S/c1-44-38-26-32(28-11-3-2-4-12-28)21-22-35(38)33-16-10-14-30(24-33)29-13-9-15-31(23-29)34-25-37-36-17-5-6-18-39(36)45-40-19-7-8-20-41(40)46-42(27-34)43(37)45/h2-4,9-16,21-24,26,34,36-37,39-43H,5-8,17-20,25,27H2. The first-order valence-electron chi connectivity index (χ1n) is 18.0. The van der Waals surface area contributed by atoms with Crippen molar-refractivity contribution >= 4 is 17.4 Å². The van der Waals surface area contributed by atoms with Crippen LogP contribution in [0, 0.1) is 18.4 Å². The van der Waals surface area contributed by atoms with Gasteiger partial charge in [0.25, 0.3) is 0 Å². The van der Waals surface area contributed by atoms with Crippen molar-refractivity contribution in [2.45, 2.75) is 98.8 Å². The molecule has 3 heteroatoms. The van der Waals surface area contributed by atoms with Crippen LogP contribution in [-0.4, -0.2) is 33.5 Å². The molecule has 9 rings (SSSR count). The van der Waals surface area contributed by atoms with E-state index >= 15 is 0 Å². The van der Waals surface area contributed by atoms with Crippen LogP contribution in [0.4, 0.5) is 5.69 Å². The van der Waals surface area contributed by atoms with Gasteiger partial charge in [0.2, 0.25) is 0 Å². The minimum Gasteiger partial charge on any atom is -0.292 e. The van der Waals surface area contributed by atoms with E-state index in [1.165, 1.54) is 75.3 Å². The first-order chi connectivity index (χ1) is 22.7. The van der Waals surface area contributed by atoms with Gasteiger partial charge in [-0.25, -0.2) is 4.85 Å². The second-order valence-electron chi connectivity index (χ2n) is 14.8. The lowest BCUT2D eigenvalue weighted by Gasteiger charge is -2.54. The van der Waals surface area contributed by atoms with Gasteiger partial charge in [-0.2, -0.15) is 11.8 Å². The maximum Gasteiger partial charge on any atom is 0.195 e. The Labute approximate surface area is 279 Å². The maximum atomic E-state index is 7.98. The van der Waals surface area contributed by atoms with Gasteiger partial charge < -0.3 is 0 Å². The topological polar surface area (TPSA) is 7.60 Å². The first-order valence-corrected chi connectivity index (χ1v) is 18.9. The van der Waals surface area contributed by atoms with E-state index in [4.69, 9.17) is 6.57 Å². The number of hydrogen-bond donors (Lipinski definition) is 0. The van der Waals surface area contributed by atoms with E-state index < -0.39 is 0 Å². The molecule has 2 aliphatic heterocycles. The molecule has 5 aliphatic rings. The molecular weight excluding hydrogens is 577 g/mol. The molecule has 2 heterocycles. The third-order valence-electron chi connectivity index (χ3n) is 12.4. The minimum absolute atomic E-state index is 0.656.